The molecule has 3 rings (SSSR count). The number of aryl methyl sites for hydroxylation is 1. The summed E-state index contributed by atoms with van der Waals surface area (Å²) in [7, 11) is 1.39. The second kappa shape index (κ2) is 6.60. The quantitative estimate of drug-likeness (QED) is 0.761. The van der Waals surface area contributed by atoms with Gasteiger partial charge in [0.15, 0.2) is 5.69 Å². The number of anilines is 1. The lowest BCUT2D eigenvalue weighted by molar-refractivity contribution is 0.0690. The molecule has 0 saturated heterocycles. The zero-order valence-electron chi connectivity index (χ0n) is 13.7. The van der Waals surface area contributed by atoms with Crippen molar-refractivity contribution in [1.29, 1.82) is 0 Å². The fraction of sp³-hybridized carbons (Fsp3) is 0.105. The van der Waals surface area contributed by atoms with E-state index in [1.165, 1.54) is 19.2 Å². The van der Waals surface area contributed by atoms with Crippen molar-refractivity contribution in [3.8, 4) is 5.88 Å². The number of hydrogen-bond donors (Lipinski definition) is 2. The summed E-state index contributed by atoms with van der Waals surface area (Å²) in [5.74, 6) is -1.48. The molecule has 0 radical (unpaired) electrons. The highest BCUT2D eigenvalue weighted by Crippen LogP contribution is 2.24. The number of amides is 1. The van der Waals surface area contributed by atoms with Crippen LogP contribution in [0.25, 0.3) is 10.8 Å². The molecule has 0 saturated carbocycles. The number of rotatable bonds is 4. The molecule has 0 fully saturated rings. The monoisotopic (exact) mass is 336 g/mol. The number of carboxylic acid groups (broad SMARTS) is 1. The Hall–Kier alpha value is -3.41. The molecule has 0 bridgehead atoms. The van der Waals surface area contributed by atoms with Crippen molar-refractivity contribution in [2.45, 2.75) is 6.92 Å². The van der Waals surface area contributed by atoms with E-state index < -0.39 is 11.9 Å². The molecule has 1 aromatic heterocycles. The highest BCUT2D eigenvalue weighted by atomic mass is 16.5. The lowest BCUT2D eigenvalue weighted by Crippen LogP contribution is -2.16. The van der Waals surface area contributed by atoms with Crippen LogP contribution in [0, 0.1) is 6.92 Å². The number of fused-ring (bicyclic) bond motifs is 1. The molecule has 0 atom stereocenters. The Kier molecular flexibility index (Phi) is 4.35. The number of nitrogens with one attached hydrogen (secondary N) is 1. The summed E-state index contributed by atoms with van der Waals surface area (Å²) in [5.41, 5.74) is 1.37. The summed E-state index contributed by atoms with van der Waals surface area (Å²) in [5, 5.41) is 13.7. The van der Waals surface area contributed by atoms with Crippen LogP contribution in [0.4, 0.5) is 5.69 Å². The fourth-order valence-corrected chi connectivity index (χ4v) is 2.66. The number of carbonyl (C=O) groups is 2. The smallest absolute Gasteiger partial charge is 0.356 e. The highest BCUT2D eigenvalue weighted by molar-refractivity contribution is 6.14. The van der Waals surface area contributed by atoms with E-state index >= 15 is 0 Å². The SMILES string of the molecule is COc1ccc(NC(=O)c2ccc(C)c3ccccc23)c(C(=O)O)n1. The van der Waals surface area contributed by atoms with Crippen LogP contribution in [0.2, 0.25) is 0 Å². The molecule has 1 heterocycles. The molecule has 0 spiro atoms. The minimum absolute atomic E-state index is 0.114. The largest absolute Gasteiger partial charge is 0.481 e. The molecule has 0 unspecified atom stereocenters. The lowest BCUT2D eigenvalue weighted by Gasteiger charge is -2.11. The predicted octanol–water partition coefficient (Wildman–Crippen LogP) is 3.50. The van der Waals surface area contributed by atoms with E-state index in [0.717, 1.165) is 16.3 Å². The molecule has 2 aromatic carbocycles. The van der Waals surface area contributed by atoms with Crippen molar-refractivity contribution in [3.63, 3.8) is 0 Å². The van der Waals surface area contributed by atoms with Gasteiger partial charge in [-0.15, -0.1) is 0 Å². The zero-order chi connectivity index (χ0) is 18.0. The first kappa shape index (κ1) is 16.4. The van der Waals surface area contributed by atoms with Crippen molar-refractivity contribution in [2.75, 3.05) is 12.4 Å². The van der Waals surface area contributed by atoms with Crippen LogP contribution < -0.4 is 10.1 Å². The number of methoxy groups -OCH3 is 1. The second-order valence-corrected chi connectivity index (χ2v) is 5.48. The standard InChI is InChI=1S/C19H16N2O4/c1-11-7-8-14(13-6-4-3-5-12(11)13)18(22)20-15-9-10-16(25-2)21-17(15)19(23)24/h3-10H,1-2H3,(H,20,22)(H,23,24). The first-order valence-corrected chi connectivity index (χ1v) is 7.59. The molecule has 0 aliphatic carbocycles. The number of benzene rings is 2. The Labute approximate surface area is 144 Å². The summed E-state index contributed by atoms with van der Waals surface area (Å²) < 4.78 is 4.93. The average molecular weight is 336 g/mol. The van der Waals surface area contributed by atoms with Crippen LogP contribution >= 0.6 is 0 Å². The second-order valence-electron chi connectivity index (χ2n) is 5.48. The normalized spacial score (nSPS) is 10.5. The van der Waals surface area contributed by atoms with Crippen LogP contribution in [0.3, 0.4) is 0 Å². The van der Waals surface area contributed by atoms with Gasteiger partial charge in [-0.05, 0) is 35.4 Å². The van der Waals surface area contributed by atoms with Gasteiger partial charge < -0.3 is 15.2 Å². The molecule has 2 N–H and O–H groups in total. The zero-order valence-corrected chi connectivity index (χ0v) is 13.7. The van der Waals surface area contributed by atoms with Gasteiger partial charge in [-0.3, -0.25) is 4.79 Å². The maximum atomic E-state index is 12.7. The van der Waals surface area contributed by atoms with Gasteiger partial charge in [-0.25, -0.2) is 9.78 Å². The predicted molar refractivity (Wildman–Crippen MR) is 94.4 cm³/mol. The maximum absolute atomic E-state index is 12.7. The van der Waals surface area contributed by atoms with Gasteiger partial charge >= 0.3 is 5.97 Å². The summed E-state index contributed by atoms with van der Waals surface area (Å²) in [4.78, 5) is 28.0. The van der Waals surface area contributed by atoms with E-state index in [4.69, 9.17) is 4.74 Å². The maximum Gasteiger partial charge on any atom is 0.356 e. The molecular formula is C19H16N2O4. The number of carbonyl (C=O) groups excluding carboxylic acids is 1. The summed E-state index contributed by atoms with van der Waals surface area (Å²) in [6, 6.07) is 14.1. The number of ether oxygens (including phenoxy) is 1. The van der Waals surface area contributed by atoms with Crippen LogP contribution in [0.1, 0.15) is 26.4 Å². The Balaban J connectivity index is 2.02. The molecular weight excluding hydrogens is 320 g/mol. The van der Waals surface area contributed by atoms with Crippen molar-refractivity contribution < 1.29 is 19.4 Å². The third-order valence-corrected chi connectivity index (χ3v) is 3.92. The number of hydrogen-bond acceptors (Lipinski definition) is 4. The molecule has 6 heteroatoms. The molecule has 0 aliphatic rings. The summed E-state index contributed by atoms with van der Waals surface area (Å²) >= 11 is 0. The fourth-order valence-electron chi connectivity index (χ4n) is 2.66. The number of aromatic nitrogens is 1. The lowest BCUT2D eigenvalue weighted by atomic mass is 10.00. The minimum Gasteiger partial charge on any atom is -0.481 e. The minimum atomic E-state index is -1.25. The van der Waals surface area contributed by atoms with E-state index in [0.29, 0.717) is 5.56 Å². The third-order valence-electron chi connectivity index (χ3n) is 3.92. The Morgan fingerprint density at radius 2 is 1.76 bits per heavy atom. The molecule has 25 heavy (non-hydrogen) atoms. The van der Waals surface area contributed by atoms with Crippen LogP contribution in [0.5, 0.6) is 5.88 Å². The first-order chi connectivity index (χ1) is 12.0. The third kappa shape index (κ3) is 3.14. The van der Waals surface area contributed by atoms with E-state index in [9.17, 15) is 14.7 Å². The number of pyridine rings is 1. The summed E-state index contributed by atoms with van der Waals surface area (Å²) in [6.45, 7) is 1.97. The highest BCUT2D eigenvalue weighted by Gasteiger charge is 2.18. The Morgan fingerprint density at radius 3 is 2.44 bits per heavy atom. The Bertz CT molecular complexity index is 982. The van der Waals surface area contributed by atoms with Gasteiger partial charge in [0.1, 0.15) is 0 Å². The number of aromatic carboxylic acids is 1. The van der Waals surface area contributed by atoms with Crippen molar-refractivity contribution >= 4 is 28.3 Å². The molecule has 126 valence electrons. The van der Waals surface area contributed by atoms with Crippen molar-refractivity contribution in [3.05, 3.63) is 65.4 Å². The van der Waals surface area contributed by atoms with Crippen molar-refractivity contribution in [1.82, 2.24) is 4.98 Å². The Morgan fingerprint density at radius 1 is 1.04 bits per heavy atom. The van der Waals surface area contributed by atoms with Gasteiger partial charge in [-0.1, -0.05) is 30.3 Å². The molecule has 0 aliphatic heterocycles. The van der Waals surface area contributed by atoms with E-state index in [1.807, 2.05) is 37.3 Å². The van der Waals surface area contributed by atoms with Gasteiger partial charge in [0.2, 0.25) is 5.88 Å². The van der Waals surface area contributed by atoms with Crippen LogP contribution in [-0.4, -0.2) is 29.1 Å². The van der Waals surface area contributed by atoms with Gasteiger partial charge in [0.25, 0.3) is 5.91 Å². The van der Waals surface area contributed by atoms with Gasteiger partial charge in [-0.2, -0.15) is 0 Å². The van der Waals surface area contributed by atoms with E-state index in [-0.39, 0.29) is 17.3 Å². The van der Waals surface area contributed by atoms with Gasteiger partial charge in [0, 0.05) is 11.6 Å². The van der Waals surface area contributed by atoms with E-state index in [2.05, 4.69) is 10.3 Å². The van der Waals surface area contributed by atoms with E-state index in [1.54, 1.807) is 6.07 Å². The van der Waals surface area contributed by atoms with Gasteiger partial charge in [0.05, 0.1) is 12.8 Å². The number of nitrogens with zero attached hydrogens (tertiary/aromatic N) is 1. The van der Waals surface area contributed by atoms with Crippen LogP contribution in [0.15, 0.2) is 48.5 Å². The summed E-state index contributed by atoms with van der Waals surface area (Å²) in [6.07, 6.45) is 0. The molecule has 1 amide bonds. The topological polar surface area (TPSA) is 88.5 Å². The van der Waals surface area contributed by atoms with Crippen molar-refractivity contribution in [2.24, 2.45) is 0 Å². The average Bonchev–Trinajstić information content (AvgIpc) is 2.62. The first-order valence-electron chi connectivity index (χ1n) is 7.59. The molecule has 6 nitrogen and oxygen atoms in total. The molecule has 3 aromatic rings. The van der Waals surface area contributed by atoms with Crippen LogP contribution in [-0.2, 0) is 0 Å². The number of carboxylic acids is 1.